The molecule has 0 unspecified atom stereocenters. The first-order chi connectivity index (χ1) is 12.7. The lowest BCUT2D eigenvalue weighted by molar-refractivity contribution is 0.602. The Hall–Kier alpha value is -2.74. The molecule has 0 aliphatic heterocycles. The van der Waals surface area contributed by atoms with Crippen LogP contribution in [0.2, 0.25) is 0 Å². The van der Waals surface area contributed by atoms with E-state index in [0.29, 0.717) is 23.4 Å². The first kappa shape index (κ1) is 20.6. The van der Waals surface area contributed by atoms with Gasteiger partial charge in [-0.2, -0.15) is 15.0 Å². The second-order valence-electron chi connectivity index (χ2n) is 6.30. The smallest absolute Gasteiger partial charge is 0.232 e. The van der Waals surface area contributed by atoms with E-state index in [1.54, 1.807) is 30.3 Å². The highest BCUT2D eigenvalue weighted by Crippen LogP contribution is 2.20. The summed E-state index contributed by atoms with van der Waals surface area (Å²) in [6, 6.07) is 6.58. The minimum absolute atomic E-state index is 0.157. The molecule has 2 N–H and O–H groups in total. The van der Waals surface area contributed by atoms with Crippen molar-refractivity contribution in [2.75, 3.05) is 16.9 Å². The molecule has 0 bridgehead atoms. The van der Waals surface area contributed by atoms with Crippen LogP contribution in [0.5, 0.6) is 0 Å². The molecule has 0 atom stereocenters. The topological polar surface area (TPSA) is 96.9 Å². The fourth-order valence-corrected chi connectivity index (χ4v) is 2.91. The molecule has 0 saturated carbocycles. The van der Waals surface area contributed by atoms with Crippen LogP contribution in [0, 0.1) is 0 Å². The highest BCUT2D eigenvalue weighted by atomic mass is 32.2. The van der Waals surface area contributed by atoms with E-state index in [1.165, 1.54) is 6.26 Å². The summed E-state index contributed by atoms with van der Waals surface area (Å²) >= 11 is 0. The highest BCUT2D eigenvalue weighted by molar-refractivity contribution is 7.90. The van der Waals surface area contributed by atoms with E-state index in [2.05, 4.69) is 32.2 Å². The fourth-order valence-electron chi connectivity index (χ4n) is 2.28. The first-order valence-corrected chi connectivity index (χ1v) is 10.5. The number of aromatic nitrogens is 3. The molecular formula is C19H25N5O2S. The normalized spacial score (nSPS) is 12.1. The lowest BCUT2D eigenvalue weighted by atomic mass is 10.2. The number of nitrogens with one attached hydrogen (secondary N) is 2. The predicted octanol–water partition coefficient (Wildman–Crippen LogP) is 3.82. The van der Waals surface area contributed by atoms with Crippen LogP contribution in [0.4, 0.5) is 17.6 Å². The van der Waals surface area contributed by atoms with E-state index >= 15 is 0 Å². The molecule has 0 aliphatic rings. The zero-order chi connectivity index (χ0) is 20.0. The van der Waals surface area contributed by atoms with Crippen molar-refractivity contribution in [3.8, 4) is 0 Å². The van der Waals surface area contributed by atoms with E-state index in [-0.39, 0.29) is 10.9 Å². The van der Waals surface area contributed by atoms with Gasteiger partial charge in [0.15, 0.2) is 15.7 Å². The molecule has 0 aliphatic carbocycles. The number of anilines is 3. The van der Waals surface area contributed by atoms with Crippen LogP contribution in [-0.4, -0.2) is 35.7 Å². The maximum Gasteiger partial charge on any atom is 0.232 e. The monoisotopic (exact) mass is 387 g/mol. The maximum absolute atomic E-state index is 11.6. The Bertz CT molecular complexity index is 935. The van der Waals surface area contributed by atoms with Crippen LogP contribution in [0.15, 0.2) is 47.9 Å². The van der Waals surface area contributed by atoms with Crippen LogP contribution in [0.1, 0.15) is 33.0 Å². The summed E-state index contributed by atoms with van der Waals surface area (Å²) in [5, 5.41) is 6.28. The van der Waals surface area contributed by atoms with E-state index in [9.17, 15) is 8.42 Å². The summed E-state index contributed by atoms with van der Waals surface area (Å²) in [5.74, 6) is 1.33. The second-order valence-corrected chi connectivity index (χ2v) is 8.31. The van der Waals surface area contributed by atoms with Gasteiger partial charge in [-0.25, -0.2) is 8.42 Å². The summed E-state index contributed by atoms with van der Waals surface area (Å²) in [6.07, 6.45) is 5.71. The van der Waals surface area contributed by atoms with Gasteiger partial charge in [0.1, 0.15) is 0 Å². The molecule has 2 aromatic rings. The predicted molar refractivity (Wildman–Crippen MR) is 110 cm³/mol. The Labute approximate surface area is 160 Å². The van der Waals surface area contributed by atoms with Gasteiger partial charge in [0.25, 0.3) is 0 Å². The molecule has 0 fully saturated rings. The Balaban J connectivity index is 2.39. The van der Waals surface area contributed by atoms with Crippen molar-refractivity contribution in [3.05, 3.63) is 48.8 Å². The summed E-state index contributed by atoms with van der Waals surface area (Å²) in [6.45, 7) is 9.85. The Morgan fingerprint density at radius 2 is 1.78 bits per heavy atom. The van der Waals surface area contributed by atoms with Crippen molar-refractivity contribution >= 4 is 33.0 Å². The average Bonchev–Trinajstić information content (AvgIpc) is 2.58. The molecule has 2 rings (SSSR count). The SMILES string of the molecule is C=CC(=CCC)c1nc(Nc2ccc(S(C)(=O)=O)cc2)nc(NC(C)C)n1. The highest BCUT2D eigenvalue weighted by Gasteiger charge is 2.11. The first-order valence-electron chi connectivity index (χ1n) is 8.65. The quantitative estimate of drug-likeness (QED) is 0.665. The summed E-state index contributed by atoms with van der Waals surface area (Å²) in [4.78, 5) is 13.6. The van der Waals surface area contributed by atoms with Gasteiger partial charge in [0.2, 0.25) is 11.9 Å². The van der Waals surface area contributed by atoms with Gasteiger partial charge in [0.05, 0.1) is 4.90 Å². The Kier molecular flexibility index (Phi) is 6.68. The largest absolute Gasteiger partial charge is 0.352 e. The van der Waals surface area contributed by atoms with Crippen molar-refractivity contribution in [1.82, 2.24) is 15.0 Å². The maximum atomic E-state index is 11.6. The van der Waals surface area contributed by atoms with Crippen molar-refractivity contribution in [3.63, 3.8) is 0 Å². The van der Waals surface area contributed by atoms with E-state index in [4.69, 9.17) is 0 Å². The Morgan fingerprint density at radius 1 is 1.15 bits per heavy atom. The summed E-state index contributed by atoms with van der Waals surface area (Å²) < 4.78 is 23.2. The van der Waals surface area contributed by atoms with E-state index in [0.717, 1.165) is 12.0 Å². The summed E-state index contributed by atoms with van der Waals surface area (Å²) in [7, 11) is -3.24. The lowest BCUT2D eigenvalue weighted by Crippen LogP contribution is -2.15. The van der Waals surface area contributed by atoms with Crippen molar-refractivity contribution in [1.29, 1.82) is 0 Å². The van der Waals surface area contributed by atoms with Crippen molar-refractivity contribution < 1.29 is 8.42 Å². The third-order valence-electron chi connectivity index (χ3n) is 3.49. The molecule has 0 spiro atoms. The average molecular weight is 388 g/mol. The van der Waals surface area contributed by atoms with Gasteiger partial charge < -0.3 is 10.6 Å². The molecule has 0 radical (unpaired) electrons. The molecule has 27 heavy (non-hydrogen) atoms. The molecule has 8 heteroatoms. The molecule has 1 aromatic carbocycles. The number of hydrogen-bond donors (Lipinski definition) is 2. The van der Waals surface area contributed by atoms with Crippen LogP contribution in [0.25, 0.3) is 5.57 Å². The van der Waals surface area contributed by atoms with Crippen molar-refractivity contribution in [2.24, 2.45) is 0 Å². The molecule has 144 valence electrons. The number of sulfone groups is 1. The minimum Gasteiger partial charge on any atom is -0.352 e. The third kappa shape index (κ3) is 5.89. The van der Waals surface area contributed by atoms with Gasteiger partial charge >= 0.3 is 0 Å². The fraction of sp³-hybridized carbons (Fsp3) is 0.316. The molecule has 1 heterocycles. The van der Waals surface area contributed by atoms with E-state index < -0.39 is 9.84 Å². The van der Waals surface area contributed by atoms with Crippen molar-refractivity contribution in [2.45, 2.75) is 38.1 Å². The minimum atomic E-state index is -3.24. The van der Waals surface area contributed by atoms with Crippen LogP contribution in [0.3, 0.4) is 0 Å². The van der Waals surface area contributed by atoms with Gasteiger partial charge in [-0.1, -0.05) is 25.7 Å². The lowest BCUT2D eigenvalue weighted by Gasteiger charge is -2.12. The van der Waals surface area contributed by atoms with Gasteiger partial charge in [-0.3, -0.25) is 0 Å². The van der Waals surface area contributed by atoms with E-state index in [1.807, 2.05) is 26.8 Å². The van der Waals surface area contributed by atoms with Crippen LogP contribution < -0.4 is 10.6 Å². The van der Waals surface area contributed by atoms with Crippen LogP contribution in [-0.2, 0) is 9.84 Å². The molecule has 1 aromatic heterocycles. The zero-order valence-corrected chi connectivity index (χ0v) is 16.8. The zero-order valence-electron chi connectivity index (χ0n) is 16.0. The number of rotatable bonds is 8. The molecule has 0 amide bonds. The standard InChI is InChI=1S/C19H25N5O2S/c1-6-8-14(7-2)17-22-18(20-13(3)4)24-19(23-17)21-15-9-11-16(12-10-15)27(5,25)26/h7-13H,2,6H2,1,3-5H3,(H2,20,21,22,23,24). The molecule has 0 saturated heterocycles. The second kappa shape index (κ2) is 8.77. The number of hydrogen-bond acceptors (Lipinski definition) is 7. The molecular weight excluding hydrogens is 362 g/mol. The third-order valence-corrected chi connectivity index (χ3v) is 4.62. The number of benzene rings is 1. The number of allylic oxidation sites excluding steroid dienone is 3. The Morgan fingerprint density at radius 3 is 2.30 bits per heavy atom. The van der Waals surface area contributed by atoms with Gasteiger partial charge in [0, 0.05) is 23.6 Å². The molecule has 7 nitrogen and oxygen atoms in total. The van der Waals surface area contributed by atoms with Gasteiger partial charge in [-0.15, -0.1) is 0 Å². The summed E-state index contributed by atoms with van der Waals surface area (Å²) in [5.41, 5.74) is 1.50. The van der Waals surface area contributed by atoms with Gasteiger partial charge in [-0.05, 0) is 44.5 Å². The van der Waals surface area contributed by atoms with Crippen LogP contribution >= 0.6 is 0 Å². The number of nitrogens with zero attached hydrogens (tertiary/aromatic N) is 3.